The number of methoxy groups -OCH3 is 1. The number of aldehydes is 1. The van der Waals surface area contributed by atoms with E-state index in [0.29, 0.717) is 11.8 Å². The van der Waals surface area contributed by atoms with Crippen LogP contribution in [0.4, 0.5) is 14.9 Å². The van der Waals surface area contributed by atoms with Gasteiger partial charge in [0, 0.05) is 0 Å². The standard InChI is InChI=1S/C14H18FNO4/c1-8-6-10(15)12(19-5)9(7-17)11(8)16-13(18)20-14(2,3)4/h6-7H,1-5H3,(H,16,18). The molecule has 0 aliphatic heterocycles. The Labute approximate surface area is 117 Å². The second-order valence-electron chi connectivity index (χ2n) is 5.24. The molecular formula is C14H18FNO4. The summed E-state index contributed by atoms with van der Waals surface area (Å²) in [6, 6.07) is 1.18. The topological polar surface area (TPSA) is 64.6 Å². The third kappa shape index (κ3) is 3.69. The number of nitrogens with one attached hydrogen (secondary N) is 1. The number of aryl methyl sites for hydroxylation is 1. The third-order valence-corrected chi connectivity index (χ3v) is 2.42. The average Bonchev–Trinajstić information content (AvgIpc) is 2.29. The summed E-state index contributed by atoms with van der Waals surface area (Å²) in [5.74, 6) is -0.876. The molecule has 1 aromatic rings. The summed E-state index contributed by atoms with van der Waals surface area (Å²) in [5.41, 5.74) is -0.164. The highest BCUT2D eigenvalue weighted by atomic mass is 19.1. The van der Waals surface area contributed by atoms with Crippen molar-refractivity contribution >= 4 is 18.1 Å². The number of anilines is 1. The van der Waals surface area contributed by atoms with E-state index in [-0.39, 0.29) is 17.0 Å². The van der Waals surface area contributed by atoms with E-state index >= 15 is 0 Å². The van der Waals surface area contributed by atoms with Crippen LogP contribution in [-0.2, 0) is 4.74 Å². The molecule has 0 radical (unpaired) electrons. The van der Waals surface area contributed by atoms with Crippen LogP contribution in [0, 0.1) is 12.7 Å². The minimum atomic E-state index is -0.725. The molecule has 0 saturated carbocycles. The van der Waals surface area contributed by atoms with Crippen molar-refractivity contribution in [2.75, 3.05) is 12.4 Å². The van der Waals surface area contributed by atoms with Gasteiger partial charge < -0.3 is 9.47 Å². The molecule has 1 N–H and O–H groups in total. The molecule has 0 aromatic heterocycles. The molecule has 20 heavy (non-hydrogen) atoms. The van der Waals surface area contributed by atoms with E-state index in [1.54, 1.807) is 27.7 Å². The lowest BCUT2D eigenvalue weighted by Crippen LogP contribution is -2.28. The zero-order valence-electron chi connectivity index (χ0n) is 12.2. The molecule has 1 aromatic carbocycles. The van der Waals surface area contributed by atoms with Crippen molar-refractivity contribution < 1.29 is 23.5 Å². The molecule has 0 atom stereocenters. The van der Waals surface area contributed by atoms with Crippen molar-refractivity contribution in [3.05, 3.63) is 23.0 Å². The third-order valence-electron chi connectivity index (χ3n) is 2.42. The Balaban J connectivity index is 3.18. The van der Waals surface area contributed by atoms with E-state index in [2.05, 4.69) is 5.32 Å². The first-order chi connectivity index (χ1) is 9.19. The normalized spacial score (nSPS) is 10.9. The highest BCUT2D eigenvalue weighted by molar-refractivity contribution is 5.96. The number of hydrogen-bond donors (Lipinski definition) is 1. The van der Waals surface area contributed by atoms with E-state index in [0.717, 1.165) is 0 Å². The van der Waals surface area contributed by atoms with Crippen LogP contribution in [0.2, 0.25) is 0 Å². The van der Waals surface area contributed by atoms with E-state index < -0.39 is 17.5 Å². The molecule has 1 amide bonds. The van der Waals surface area contributed by atoms with Crippen LogP contribution in [0.1, 0.15) is 36.7 Å². The fourth-order valence-corrected chi connectivity index (χ4v) is 1.67. The summed E-state index contributed by atoms with van der Waals surface area (Å²) in [4.78, 5) is 22.9. The Hall–Kier alpha value is -2.11. The molecule has 0 aliphatic carbocycles. The minimum absolute atomic E-state index is 0.0594. The smallest absolute Gasteiger partial charge is 0.412 e. The number of hydrogen-bond acceptors (Lipinski definition) is 4. The number of ether oxygens (including phenoxy) is 2. The van der Waals surface area contributed by atoms with Gasteiger partial charge in [-0.15, -0.1) is 0 Å². The highest BCUT2D eigenvalue weighted by Crippen LogP contribution is 2.31. The summed E-state index contributed by atoms with van der Waals surface area (Å²) < 4.78 is 23.6. The van der Waals surface area contributed by atoms with Gasteiger partial charge in [-0.1, -0.05) is 0 Å². The van der Waals surface area contributed by atoms with E-state index in [1.807, 2.05) is 0 Å². The van der Waals surface area contributed by atoms with Crippen molar-refractivity contribution in [2.45, 2.75) is 33.3 Å². The zero-order valence-corrected chi connectivity index (χ0v) is 12.2. The van der Waals surface area contributed by atoms with E-state index in [1.165, 1.54) is 13.2 Å². The zero-order chi connectivity index (χ0) is 15.5. The van der Waals surface area contributed by atoms with Crippen molar-refractivity contribution in [3.63, 3.8) is 0 Å². The lowest BCUT2D eigenvalue weighted by molar-refractivity contribution is 0.0635. The van der Waals surface area contributed by atoms with Gasteiger partial charge in [0.15, 0.2) is 17.9 Å². The van der Waals surface area contributed by atoms with Gasteiger partial charge in [-0.3, -0.25) is 10.1 Å². The van der Waals surface area contributed by atoms with Crippen molar-refractivity contribution in [3.8, 4) is 5.75 Å². The molecule has 0 aliphatic rings. The van der Waals surface area contributed by atoms with Gasteiger partial charge in [-0.2, -0.15) is 0 Å². The molecule has 6 heteroatoms. The summed E-state index contributed by atoms with van der Waals surface area (Å²) in [7, 11) is 1.25. The number of benzene rings is 1. The molecule has 0 spiro atoms. The molecule has 0 heterocycles. The first-order valence-corrected chi connectivity index (χ1v) is 6.02. The number of halogens is 1. The average molecular weight is 283 g/mol. The monoisotopic (exact) mass is 283 g/mol. The summed E-state index contributed by atoms with van der Waals surface area (Å²) >= 11 is 0. The molecule has 1 rings (SSSR count). The quantitative estimate of drug-likeness (QED) is 0.864. The minimum Gasteiger partial charge on any atom is -0.493 e. The maximum Gasteiger partial charge on any atom is 0.412 e. The van der Waals surface area contributed by atoms with Gasteiger partial charge in [0.2, 0.25) is 0 Å². The van der Waals surface area contributed by atoms with Gasteiger partial charge in [0.05, 0.1) is 18.4 Å². The molecular weight excluding hydrogens is 265 g/mol. The first kappa shape index (κ1) is 15.9. The van der Waals surface area contributed by atoms with Crippen molar-refractivity contribution in [2.24, 2.45) is 0 Å². The highest BCUT2D eigenvalue weighted by Gasteiger charge is 2.21. The van der Waals surface area contributed by atoms with Gasteiger partial charge in [0.25, 0.3) is 0 Å². The van der Waals surface area contributed by atoms with Crippen LogP contribution in [0.25, 0.3) is 0 Å². The largest absolute Gasteiger partial charge is 0.493 e. The molecule has 5 nitrogen and oxygen atoms in total. The van der Waals surface area contributed by atoms with Gasteiger partial charge in [-0.25, -0.2) is 9.18 Å². The van der Waals surface area contributed by atoms with Crippen LogP contribution in [0.5, 0.6) is 5.75 Å². The number of carbonyl (C=O) groups excluding carboxylic acids is 2. The second kappa shape index (κ2) is 5.90. The summed E-state index contributed by atoms with van der Waals surface area (Å²) in [6.45, 7) is 6.71. The first-order valence-electron chi connectivity index (χ1n) is 6.02. The lowest BCUT2D eigenvalue weighted by atomic mass is 10.1. The number of carbonyl (C=O) groups is 2. The van der Waals surface area contributed by atoms with Gasteiger partial charge in [-0.05, 0) is 39.3 Å². The van der Waals surface area contributed by atoms with Gasteiger partial charge >= 0.3 is 6.09 Å². The Morgan fingerprint density at radius 2 is 2.00 bits per heavy atom. The van der Waals surface area contributed by atoms with Gasteiger partial charge in [0.1, 0.15) is 5.60 Å². The van der Waals surface area contributed by atoms with Crippen molar-refractivity contribution in [1.82, 2.24) is 0 Å². The Morgan fingerprint density at radius 1 is 1.40 bits per heavy atom. The SMILES string of the molecule is COc1c(F)cc(C)c(NC(=O)OC(C)(C)C)c1C=O. The predicted molar refractivity (Wildman–Crippen MR) is 72.9 cm³/mol. The fraction of sp³-hybridized carbons (Fsp3) is 0.429. The van der Waals surface area contributed by atoms with Crippen LogP contribution >= 0.6 is 0 Å². The maximum atomic E-state index is 13.7. The fourth-order valence-electron chi connectivity index (χ4n) is 1.67. The Kier molecular flexibility index (Phi) is 4.70. The number of rotatable bonds is 3. The predicted octanol–water partition coefficient (Wildman–Crippen LogP) is 3.30. The summed E-state index contributed by atoms with van der Waals surface area (Å²) in [5, 5.41) is 2.45. The molecule has 0 bridgehead atoms. The van der Waals surface area contributed by atoms with E-state index in [4.69, 9.17) is 9.47 Å². The number of amides is 1. The maximum absolute atomic E-state index is 13.7. The Morgan fingerprint density at radius 3 is 2.45 bits per heavy atom. The second-order valence-corrected chi connectivity index (χ2v) is 5.24. The molecule has 0 unspecified atom stereocenters. The lowest BCUT2D eigenvalue weighted by Gasteiger charge is -2.21. The van der Waals surface area contributed by atoms with Crippen LogP contribution in [0.15, 0.2) is 6.07 Å². The van der Waals surface area contributed by atoms with E-state index in [9.17, 15) is 14.0 Å². The van der Waals surface area contributed by atoms with Crippen LogP contribution in [-0.4, -0.2) is 25.1 Å². The molecule has 110 valence electrons. The molecule has 0 saturated heterocycles. The van der Waals surface area contributed by atoms with Crippen LogP contribution < -0.4 is 10.1 Å². The van der Waals surface area contributed by atoms with Crippen molar-refractivity contribution in [1.29, 1.82) is 0 Å². The van der Waals surface area contributed by atoms with Crippen LogP contribution in [0.3, 0.4) is 0 Å². The Bertz CT molecular complexity index is 535. The summed E-state index contributed by atoms with van der Waals surface area (Å²) in [6.07, 6.45) is -0.293. The molecule has 0 fully saturated rings.